The Bertz CT molecular complexity index is 1030. The normalized spacial score (nSPS) is 15.7. The van der Waals surface area contributed by atoms with E-state index < -0.39 is 0 Å². The molecule has 1 heterocycles. The molecule has 5 nitrogen and oxygen atoms in total. The van der Waals surface area contributed by atoms with Gasteiger partial charge in [-0.3, -0.25) is 14.5 Å². The largest absolute Gasteiger partial charge is 0.348 e. The highest BCUT2D eigenvalue weighted by Gasteiger charge is 2.23. The predicted octanol–water partition coefficient (Wildman–Crippen LogP) is 3.48. The van der Waals surface area contributed by atoms with Crippen LogP contribution in [0.5, 0.6) is 0 Å². The van der Waals surface area contributed by atoms with Crippen LogP contribution in [0, 0.1) is 0 Å². The molecule has 154 valence electrons. The molecule has 30 heavy (non-hydrogen) atoms. The number of nitrogens with zero attached hydrogens (tertiary/aromatic N) is 2. The van der Waals surface area contributed by atoms with Crippen molar-refractivity contribution < 1.29 is 9.59 Å². The molecule has 0 aromatic heterocycles. The summed E-state index contributed by atoms with van der Waals surface area (Å²) >= 11 is 0. The average Bonchev–Trinajstić information content (AvgIpc) is 2.79. The summed E-state index contributed by atoms with van der Waals surface area (Å²) < 4.78 is 0. The molecule has 0 aliphatic carbocycles. The number of piperazine rings is 1. The van der Waals surface area contributed by atoms with Crippen molar-refractivity contribution in [3.63, 3.8) is 0 Å². The van der Waals surface area contributed by atoms with Crippen molar-refractivity contribution in [2.75, 3.05) is 32.7 Å². The number of fused-ring (bicyclic) bond motifs is 1. The van der Waals surface area contributed by atoms with Gasteiger partial charge in [0.05, 0.1) is 12.6 Å². The summed E-state index contributed by atoms with van der Waals surface area (Å²) in [7, 11) is 0. The first-order valence-corrected chi connectivity index (χ1v) is 10.4. The van der Waals surface area contributed by atoms with Crippen molar-refractivity contribution in [3.05, 3.63) is 83.9 Å². The smallest absolute Gasteiger partial charge is 0.253 e. The van der Waals surface area contributed by atoms with Crippen LogP contribution >= 0.6 is 0 Å². The van der Waals surface area contributed by atoms with E-state index in [4.69, 9.17) is 0 Å². The fourth-order valence-electron chi connectivity index (χ4n) is 3.92. The molecular weight excluding hydrogens is 374 g/mol. The third-order valence-corrected chi connectivity index (χ3v) is 5.70. The number of carbonyl (C=O) groups excluding carboxylic acids is 2. The molecule has 4 rings (SSSR count). The first-order valence-electron chi connectivity index (χ1n) is 10.4. The van der Waals surface area contributed by atoms with Crippen LogP contribution in [0.15, 0.2) is 72.8 Å². The second-order valence-corrected chi connectivity index (χ2v) is 7.83. The zero-order valence-corrected chi connectivity index (χ0v) is 17.3. The molecule has 0 bridgehead atoms. The number of benzene rings is 3. The van der Waals surface area contributed by atoms with E-state index in [1.165, 1.54) is 10.8 Å². The third kappa shape index (κ3) is 4.69. The standard InChI is InChI=1S/C25H27N3O2/c1-19(22-12-11-20-7-5-6-10-23(20)17-22)26-24(29)18-27-13-15-28(16-14-27)25(30)21-8-3-2-4-9-21/h2-12,17,19H,13-16,18H2,1H3,(H,26,29)/t19-/m0/s1. The molecule has 1 fully saturated rings. The number of hydrogen-bond acceptors (Lipinski definition) is 3. The van der Waals surface area contributed by atoms with Gasteiger partial charge in [-0.25, -0.2) is 0 Å². The van der Waals surface area contributed by atoms with Crippen LogP contribution < -0.4 is 5.32 Å². The summed E-state index contributed by atoms with van der Waals surface area (Å²) in [5.74, 6) is 0.0723. The number of nitrogens with one attached hydrogen (secondary N) is 1. The van der Waals surface area contributed by atoms with Gasteiger partial charge in [0.2, 0.25) is 5.91 Å². The van der Waals surface area contributed by atoms with E-state index >= 15 is 0 Å². The number of rotatable bonds is 5. The molecule has 0 unspecified atom stereocenters. The summed E-state index contributed by atoms with van der Waals surface area (Å²) in [6.07, 6.45) is 0. The highest BCUT2D eigenvalue weighted by atomic mass is 16.2. The van der Waals surface area contributed by atoms with Gasteiger partial charge in [0.1, 0.15) is 0 Å². The molecule has 5 heteroatoms. The zero-order chi connectivity index (χ0) is 20.9. The molecule has 3 aromatic carbocycles. The maximum atomic E-state index is 12.6. The van der Waals surface area contributed by atoms with Crippen LogP contribution in [-0.4, -0.2) is 54.3 Å². The lowest BCUT2D eigenvalue weighted by atomic mass is 10.0. The summed E-state index contributed by atoms with van der Waals surface area (Å²) in [4.78, 5) is 29.1. The Morgan fingerprint density at radius 1 is 0.867 bits per heavy atom. The zero-order valence-electron chi connectivity index (χ0n) is 17.3. The molecule has 1 atom stereocenters. The second-order valence-electron chi connectivity index (χ2n) is 7.83. The molecule has 1 aliphatic heterocycles. The van der Waals surface area contributed by atoms with Gasteiger partial charge in [-0.15, -0.1) is 0 Å². The second kappa shape index (κ2) is 9.09. The Balaban J connectivity index is 1.27. The van der Waals surface area contributed by atoms with E-state index in [-0.39, 0.29) is 17.9 Å². The van der Waals surface area contributed by atoms with Gasteiger partial charge in [0.25, 0.3) is 5.91 Å². The number of hydrogen-bond donors (Lipinski definition) is 1. The molecule has 1 aliphatic rings. The predicted molar refractivity (Wildman–Crippen MR) is 119 cm³/mol. The Morgan fingerprint density at radius 3 is 2.27 bits per heavy atom. The summed E-state index contributed by atoms with van der Waals surface area (Å²) in [6, 6.07) is 23.8. The van der Waals surface area contributed by atoms with E-state index in [1.807, 2.05) is 54.3 Å². The molecule has 1 N–H and O–H groups in total. The average molecular weight is 402 g/mol. The van der Waals surface area contributed by atoms with Crippen molar-refractivity contribution >= 4 is 22.6 Å². The first kappa shape index (κ1) is 20.1. The van der Waals surface area contributed by atoms with Gasteiger partial charge in [0.15, 0.2) is 0 Å². The maximum absolute atomic E-state index is 12.6. The van der Waals surface area contributed by atoms with E-state index in [0.29, 0.717) is 38.3 Å². The van der Waals surface area contributed by atoms with E-state index in [1.54, 1.807) is 0 Å². The Morgan fingerprint density at radius 2 is 1.53 bits per heavy atom. The van der Waals surface area contributed by atoms with E-state index in [2.05, 4.69) is 40.5 Å². The minimum atomic E-state index is -0.0527. The Hall–Kier alpha value is -3.18. The molecule has 0 radical (unpaired) electrons. The lowest BCUT2D eigenvalue weighted by Crippen LogP contribution is -2.51. The van der Waals surface area contributed by atoms with Gasteiger partial charge >= 0.3 is 0 Å². The SMILES string of the molecule is C[C@H](NC(=O)CN1CCN(C(=O)c2ccccc2)CC1)c1ccc2ccccc2c1. The molecular formula is C25H27N3O2. The van der Waals surface area contributed by atoms with E-state index in [0.717, 1.165) is 5.56 Å². The van der Waals surface area contributed by atoms with Crippen LogP contribution in [0.25, 0.3) is 10.8 Å². The van der Waals surface area contributed by atoms with Crippen LogP contribution in [0.4, 0.5) is 0 Å². The maximum Gasteiger partial charge on any atom is 0.253 e. The van der Waals surface area contributed by atoms with Crippen molar-refractivity contribution in [2.45, 2.75) is 13.0 Å². The first-order chi connectivity index (χ1) is 14.6. The molecule has 0 saturated carbocycles. The van der Waals surface area contributed by atoms with Crippen LogP contribution in [0.3, 0.4) is 0 Å². The van der Waals surface area contributed by atoms with Crippen LogP contribution in [-0.2, 0) is 4.79 Å². The minimum absolute atomic E-state index is 0.0125. The van der Waals surface area contributed by atoms with Crippen molar-refractivity contribution in [1.29, 1.82) is 0 Å². The Labute approximate surface area is 177 Å². The molecule has 0 spiro atoms. The highest BCUT2D eigenvalue weighted by molar-refractivity contribution is 5.94. The van der Waals surface area contributed by atoms with Gasteiger partial charge < -0.3 is 10.2 Å². The minimum Gasteiger partial charge on any atom is -0.348 e. The number of carbonyl (C=O) groups is 2. The van der Waals surface area contributed by atoms with Crippen LogP contribution in [0.1, 0.15) is 28.9 Å². The molecule has 3 aromatic rings. The molecule has 2 amide bonds. The summed E-state index contributed by atoms with van der Waals surface area (Å²) in [5, 5.41) is 5.48. The fourth-order valence-corrected chi connectivity index (χ4v) is 3.92. The summed E-state index contributed by atoms with van der Waals surface area (Å²) in [5.41, 5.74) is 1.81. The topological polar surface area (TPSA) is 52.7 Å². The lowest BCUT2D eigenvalue weighted by Gasteiger charge is -2.34. The lowest BCUT2D eigenvalue weighted by molar-refractivity contribution is -0.123. The fraction of sp³-hybridized carbons (Fsp3) is 0.280. The van der Waals surface area contributed by atoms with Crippen molar-refractivity contribution in [3.8, 4) is 0 Å². The number of amides is 2. The monoisotopic (exact) mass is 401 g/mol. The van der Waals surface area contributed by atoms with Gasteiger partial charge in [-0.1, -0.05) is 54.6 Å². The quantitative estimate of drug-likeness (QED) is 0.712. The van der Waals surface area contributed by atoms with Crippen molar-refractivity contribution in [2.24, 2.45) is 0 Å². The summed E-state index contributed by atoms with van der Waals surface area (Å²) in [6.45, 7) is 5.05. The Kier molecular flexibility index (Phi) is 6.10. The highest BCUT2D eigenvalue weighted by Crippen LogP contribution is 2.20. The van der Waals surface area contributed by atoms with Crippen LogP contribution in [0.2, 0.25) is 0 Å². The van der Waals surface area contributed by atoms with Gasteiger partial charge in [0, 0.05) is 31.7 Å². The van der Waals surface area contributed by atoms with Crippen molar-refractivity contribution in [1.82, 2.24) is 15.1 Å². The van der Waals surface area contributed by atoms with Gasteiger partial charge in [-0.2, -0.15) is 0 Å². The van der Waals surface area contributed by atoms with Gasteiger partial charge in [-0.05, 0) is 41.5 Å². The van der Waals surface area contributed by atoms with E-state index in [9.17, 15) is 9.59 Å². The third-order valence-electron chi connectivity index (χ3n) is 5.70. The molecule has 1 saturated heterocycles.